The van der Waals surface area contributed by atoms with E-state index < -0.39 is 10.1 Å². The van der Waals surface area contributed by atoms with Crippen LogP contribution in [0.2, 0.25) is 0 Å². The molecule has 0 spiro atoms. The van der Waals surface area contributed by atoms with E-state index in [0.717, 1.165) is 73.3 Å². The molecule has 220 valence electrons. The SMILES string of the molecule is Cc1nc(CCc2cc(C)c(CCCO)s2)cs1.Cc1nc(CCc2cc(C)c(CCCOS(C)(=O)=O)s2)cs1. The molecule has 0 aliphatic carbocycles. The minimum atomic E-state index is -3.32. The van der Waals surface area contributed by atoms with Gasteiger partial charge < -0.3 is 5.11 Å². The van der Waals surface area contributed by atoms with E-state index in [-0.39, 0.29) is 13.2 Å². The Morgan fingerprint density at radius 1 is 0.750 bits per heavy atom. The van der Waals surface area contributed by atoms with Gasteiger partial charge >= 0.3 is 0 Å². The molecule has 1 N–H and O–H groups in total. The van der Waals surface area contributed by atoms with Crippen molar-refractivity contribution >= 4 is 55.5 Å². The molecule has 4 aromatic rings. The van der Waals surface area contributed by atoms with E-state index in [1.807, 2.05) is 29.6 Å². The van der Waals surface area contributed by atoms with Crippen molar-refractivity contribution in [1.82, 2.24) is 9.97 Å². The van der Waals surface area contributed by atoms with Crippen molar-refractivity contribution in [3.8, 4) is 0 Å². The Morgan fingerprint density at radius 2 is 1.23 bits per heavy atom. The molecular formula is C29H40N2O4S5. The fourth-order valence-corrected chi connectivity index (χ4v) is 8.31. The lowest BCUT2D eigenvalue weighted by atomic mass is 10.1. The molecule has 0 aliphatic heterocycles. The molecule has 11 heteroatoms. The maximum atomic E-state index is 10.9. The number of rotatable bonds is 14. The zero-order chi connectivity index (χ0) is 29.1. The van der Waals surface area contributed by atoms with E-state index in [2.05, 4.69) is 53.6 Å². The molecule has 4 heterocycles. The van der Waals surface area contributed by atoms with E-state index in [1.54, 1.807) is 22.7 Å². The van der Waals surface area contributed by atoms with Crippen molar-refractivity contribution in [3.05, 3.63) is 74.9 Å². The summed E-state index contributed by atoms with van der Waals surface area (Å²) in [5.41, 5.74) is 5.03. The number of thiophene rings is 2. The highest BCUT2D eigenvalue weighted by Crippen LogP contribution is 2.26. The molecule has 0 radical (unpaired) electrons. The summed E-state index contributed by atoms with van der Waals surface area (Å²) in [5.74, 6) is 0. The monoisotopic (exact) mass is 640 g/mol. The number of hydrogen-bond acceptors (Lipinski definition) is 10. The Bertz CT molecular complexity index is 1430. The zero-order valence-electron chi connectivity index (χ0n) is 24.0. The van der Waals surface area contributed by atoms with Gasteiger partial charge in [-0.15, -0.1) is 45.3 Å². The van der Waals surface area contributed by atoms with E-state index >= 15 is 0 Å². The van der Waals surface area contributed by atoms with Crippen LogP contribution in [0.15, 0.2) is 22.9 Å². The standard InChI is InChI=1S/C15H21NO3S3.C14H19NOS2/c1-11-9-14(7-6-13-10-20-12(2)16-13)21-15(11)5-4-8-19-22(3,17)18;1-10-8-13(18-14(10)4-3-7-16)6-5-12-9-17-11(2)15-12/h9-10H,4-8H2,1-3H3;8-9,16H,3-7H2,1-2H3. The fraction of sp³-hybridized carbons (Fsp3) is 0.517. The lowest BCUT2D eigenvalue weighted by Crippen LogP contribution is -2.04. The predicted octanol–water partition coefficient (Wildman–Crippen LogP) is 7.05. The number of aliphatic hydroxyl groups is 1. The summed E-state index contributed by atoms with van der Waals surface area (Å²) in [6.45, 7) is 8.89. The minimum absolute atomic E-state index is 0.254. The van der Waals surface area contributed by atoms with Crippen molar-refractivity contribution in [2.45, 2.75) is 79.1 Å². The van der Waals surface area contributed by atoms with Crippen LogP contribution in [0.5, 0.6) is 0 Å². The van der Waals surface area contributed by atoms with E-state index in [1.165, 1.54) is 36.3 Å². The average Bonchev–Trinajstić information content (AvgIpc) is 3.66. The molecular weight excluding hydrogens is 601 g/mol. The van der Waals surface area contributed by atoms with Crippen LogP contribution in [0, 0.1) is 27.7 Å². The highest BCUT2D eigenvalue weighted by atomic mass is 32.2. The van der Waals surface area contributed by atoms with Crippen molar-refractivity contribution < 1.29 is 17.7 Å². The molecule has 0 amide bonds. The van der Waals surface area contributed by atoms with Crippen LogP contribution in [-0.2, 0) is 52.8 Å². The lowest BCUT2D eigenvalue weighted by molar-refractivity contribution is 0.289. The summed E-state index contributed by atoms with van der Waals surface area (Å²) in [4.78, 5) is 14.5. The number of aryl methyl sites for hydroxylation is 10. The normalized spacial score (nSPS) is 11.6. The number of aromatic nitrogens is 2. The molecule has 0 atom stereocenters. The van der Waals surface area contributed by atoms with Crippen LogP contribution >= 0.6 is 45.3 Å². The first kappa shape index (κ1) is 33.0. The second kappa shape index (κ2) is 16.2. The van der Waals surface area contributed by atoms with Crippen LogP contribution < -0.4 is 0 Å². The zero-order valence-corrected chi connectivity index (χ0v) is 28.1. The topological polar surface area (TPSA) is 89.4 Å². The Balaban J connectivity index is 0.000000225. The summed E-state index contributed by atoms with van der Waals surface area (Å²) < 4.78 is 26.6. The molecule has 0 saturated heterocycles. The molecule has 6 nitrogen and oxygen atoms in total. The molecule has 0 fully saturated rings. The number of nitrogens with zero attached hydrogens (tertiary/aromatic N) is 2. The largest absolute Gasteiger partial charge is 0.396 e. The van der Waals surface area contributed by atoms with Crippen molar-refractivity contribution in [1.29, 1.82) is 0 Å². The lowest BCUT2D eigenvalue weighted by Gasteiger charge is -2.01. The van der Waals surface area contributed by atoms with Gasteiger partial charge in [0.15, 0.2) is 0 Å². The first-order valence-electron chi connectivity index (χ1n) is 13.5. The first-order valence-corrected chi connectivity index (χ1v) is 18.7. The molecule has 4 aromatic heterocycles. The van der Waals surface area contributed by atoms with E-state index in [4.69, 9.17) is 9.29 Å². The second-order valence-corrected chi connectivity index (χ2v) is 16.0. The van der Waals surface area contributed by atoms with Crippen LogP contribution in [0.4, 0.5) is 0 Å². The van der Waals surface area contributed by atoms with Crippen LogP contribution in [0.25, 0.3) is 0 Å². The van der Waals surface area contributed by atoms with Crippen LogP contribution in [0.1, 0.15) is 64.9 Å². The summed E-state index contributed by atoms with van der Waals surface area (Å²) in [6.07, 6.45) is 8.63. The second-order valence-electron chi connectivity index (χ2n) is 9.81. The Labute approximate surface area is 255 Å². The van der Waals surface area contributed by atoms with E-state index in [9.17, 15) is 8.42 Å². The van der Waals surface area contributed by atoms with Gasteiger partial charge in [-0.25, -0.2) is 9.97 Å². The predicted molar refractivity (Wildman–Crippen MR) is 171 cm³/mol. The minimum Gasteiger partial charge on any atom is -0.396 e. The Kier molecular flexibility index (Phi) is 13.4. The summed E-state index contributed by atoms with van der Waals surface area (Å²) >= 11 is 7.12. The molecule has 4 rings (SSSR count). The fourth-order valence-electron chi connectivity index (χ4n) is 4.15. The summed E-state index contributed by atoms with van der Waals surface area (Å²) in [7, 11) is -3.32. The van der Waals surface area contributed by atoms with Crippen molar-refractivity contribution in [2.24, 2.45) is 0 Å². The number of hydrogen-bond donors (Lipinski definition) is 1. The van der Waals surface area contributed by atoms with Gasteiger partial charge in [0.05, 0.1) is 34.3 Å². The van der Waals surface area contributed by atoms with Crippen LogP contribution in [0.3, 0.4) is 0 Å². The third-order valence-electron chi connectivity index (χ3n) is 6.14. The first-order chi connectivity index (χ1) is 19.0. The molecule has 0 aliphatic rings. The molecule has 0 bridgehead atoms. The van der Waals surface area contributed by atoms with Crippen molar-refractivity contribution in [2.75, 3.05) is 19.5 Å². The number of aliphatic hydroxyl groups excluding tert-OH is 1. The molecule has 0 saturated carbocycles. The average molecular weight is 641 g/mol. The van der Waals surface area contributed by atoms with Gasteiger partial charge in [0.1, 0.15) is 0 Å². The summed E-state index contributed by atoms with van der Waals surface area (Å²) in [6, 6.07) is 4.52. The quantitative estimate of drug-likeness (QED) is 0.117. The van der Waals surface area contributed by atoms with Gasteiger partial charge in [-0.2, -0.15) is 8.42 Å². The molecule has 0 unspecified atom stereocenters. The highest BCUT2D eigenvalue weighted by molar-refractivity contribution is 7.85. The van der Waals surface area contributed by atoms with Gasteiger partial charge in [-0.1, -0.05) is 0 Å². The van der Waals surface area contributed by atoms with Gasteiger partial charge in [-0.3, -0.25) is 4.18 Å². The van der Waals surface area contributed by atoms with Gasteiger partial charge in [-0.05, 0) is 102 Å². The third kappa shape index (κ3) is 11.8. The Hall–Kier alpha value is -1.47. The highest BCUT2D eigenvalue weighted by Gasteiger charge is 2.09. The molecule has 0 aromatic carbocycles. The Morgan fingerprint density at radius 3 is 1.62 bits per heavy atom. The van der Waals surface area contributed by atoms with Gasteiger partial charge in [0.2, 0.25) is 0 Å². The van der Waals surface area contributed by atoms with Gasteiger partial charge in [0.25, 0.3) is 10.1 Å². The maximum Gasteiger partial charge on any atom is 0.264 e. The smallest absolute Gasteiger partial charge is 0.264 e. The maximum absolute atomic E-state index is 10.9. The number of thiazole rings is 2. The molecule has 40 heavy (non-hydrogen) atoms. The van der Waals surface area contributed by atoms with E-state index in [0.29, 0.717) is 0 Å². The van der Waals surface area contributed by atoms with Crippen molar-refractivity contribution in [3.63, 3.8) is 0 Å². The summed E-state index contributed by atoms with van der Waals surface area (Å²) in [5, 5.41) is 15.4. The van der Waals surface area contributed by atoms with Gasteiger partial charge in [0, 0.05) is 36.9 Å². The third-order valence-corrected chi connectivity index (χ3v) is 11.1. The van der Waals surface area contributed by atoms with Crippen LogP contribution in [-0.4, -0.2) is 43.0 Å².